The first-order valence-corrected chi connectivity index (χ1v) is 8.60. The summed E-state index contributed by atoms with van der Waals surface area (Å²) in [6.45, 7) is 0.533. The number of nitrogens with two attached hydrogens (primary N) is 1. The number of benzene rings is 1. The van der Waals surface area contributed by atoms with E-state index in [4.69, 9.17) is 14.6 Å². The van der Waals surface area contributed by atoms with Gasteiger partial charge in [0.2, 0.25) is 10.0 Å². The number of hydrogen-bond donors (Lipinski definition) is 2. The van der Waals surface area contributed by atoms with Crippen LogP contribution in [0.3, 0.4) is 0 Å². The van der Waals surface area contributed by atoms with Crippen molar-refractivity contribution in [2.75, 3.05) is 20.3 Å². The molecule has 0 atom stereocenters. The Kier molecular flexibility index (Phi) is 5.47. The maximum atomic E-state index is 12.1. The smallest absolute Gasteiger partial charge is 0.268 e. The fraction of sp³-hybridized carbons (Fsp3) is 0.267. The van der Waals surface area contributed by atoms with Gasteiger partial charge in [0, 0.05) is 13.2 Å². The number of aryl methyl sites for hydroxylation is 1. The Balaban J connectivity index is 1.86. The number of sulfonamides is 1. The molecular weight excluding hydrogens is 334 g/mol. The van der Waals surface area contributed by atoms with Crippen molar-refractivity contribution in [1.29, 1.82) is 0 Å². The Hall–Kier alpha value is -2.52. The van der Waals surface area contributed by atoms with Crippen LogP contribution in [0.5, 0.6) is 11.5 Å². The highest BCUT2D eigenvalue weighted by molar-refractivity contribution is 7.89. The van der Waals surface area contributed by atoms with Crippen LogP contribution in [0.1, 0.15) is 10.5 Å². The predicted octanol–water partition coefficient (Wildman–Crippen LogP) is 0.490. The Morgan fingerprint density at radius 2 is 1.88 bits per heavy atom. The summed E-state index contributed by atoms with van der Waals surface area (Å²) in [7, 11) is -0.694. The van der Waals surface area contributed by atoms with Gasteiger partial charge >= 0.3 is 0 Å². The molecule has 0 aliphatic rings. The lowest BCUT2D eigenvalue weighted by Crippen LogP contribution is -2.29. The van der Waals surface area contributed by atoms with E-state index in [0.29, 0.717) is 5.75 Å². The first kappa shape index (κ1) is 17.8. The van der Waals surface area contributed by atoms with Crippen molar-refractivity contribution in [1.82, 2.24) is 9.88 Å². The minimum absolute atomic E-state index is 0.107. The second-order valence-electron chi connectivity index (χ2n) is 5.00. The van der Waals surface area contributed by atoms with Crippen LogP contribution >= 0.6 is 0 Å². The number of rotatable bonds is 7. The molecule has 130 valence electrons. The summed E-state index contributed by atoms with van der Waals surface area (Å²) in [5.41, 5.74) is 0.198. The van der Waals surface area contributed by atoms with Crippen LogP contribution in [-0.2, 0) is 17.1 Å². The summed E-state index contributed by atoms with van der Waals surface area (Å²) in [6.07, 6.45) is 1.29. The largest absolute Gasteiger partial charge is 0.497 e. The molecule has 1 amide bonds. The maximum Gasteiger partial charge on any atom is 0.268 e. The summed E-state index contributed by atoms with van der Waals surface area (Å²) in [6, 6.07) is 8.29. The topological polar surface area (TPSA) is 113 Å². The zero-order valence-electron chi connectivity index (χ0n) is 13.4. The number of carbonyl (C=O) groups is 1. The molecule has 0 bridgehead atoms. The Morgan fingerprint density at radius 3 is 2.42 bits per heavy atom. The highest BCUT2D eigenvalue weighted by Gasteiger charge is 2.17. The molecule has 0 saturated carbocycles. The molecule has 2 aromatic rings. The third kappa shape index (κ3) is 4.49. The number of nitrogens with zero attached hydrogens (tertiary/aromatic N) is 1. The molecule has 0 fully saturated rings. The standard InChI is InChI=1S/C15H19N3O5S/c1-18-10-13(24(16,20)21)9-14(18)15(19)17-7-8-23-12-5-3-11(22-2)4-6-12/h3-6,9-10H,7-8H2,1-2H3,(H,17,19)(H2,16,20,21). The van der Waals surface area contributed by atoms with Crippen LogP contribution in [0.4, 0.5) is 0 Å². The monoisotopic (exact) mass is 353 g/mol. The van der Waals surface area contributed by atoms with Gasteiger partial charge in [-0.25, -0.2) is 13.6 Å². The van der Waals surface area contributed by atoms with Crippen LogP contribution < -0.4 is 19.9 Å². The summed E-state index contributed by atoms with van der Waals surface area (Å²) in [5.74, 6) is 0.969. The SMILES string of the molecule is COc1ccc(OCCNC(=O)c2cc(S(N)(=O)=O)cn2C)cc1. The number of hydrogen-bond acceptors (Lipinski definition) is 5. The quantitative estimate of drug-likeness (QED) is 0.704. The van der Waals surface area contributed by atoms with Crippen molar-refractivity contribution in [2.45, 2.75) is 4.90 Å². The molecule has 1 heterocycles. The van der Waals surface area contributed by atoms with E-state index >= 15 is 0 Å². The summed E-state index contributed by atoms with van der Waals surface area (Å²) in [5, 5.41) is 7.70. The van der Waals surface area contributed by atoms with Gasteiger partial charge in [-0.2, -0.15) is 0 Å². The number of primary sulfonamides is 1. The molecule has 0 unspecified atom stereocenters. The Labute approximate surface area is 140 Å². The van der Waals surface area contributed by atoms with Crippen LogP contribution in [-0.4, -0.2) is 39.2 Å². The Morgan fingerprint density at radius 1 is 1.25 bits per heavy atom. The van der Waals surface area contributed by atoms with E-state index in [1.165, 1.54) is 16.8 Å². The minimum Gasteiger partial charge on any atom is -0.497 e. The van der Waals surface area contributed by atoms with Crippen molar-refractivity contribution in [3.05, 3.63) is 42.2 Å². The number of nitrogens with one attached hydrogen (secondary N) is 1. The molecular formula is C15H19N3O5S. The van der Waals surface area contributed by atoms with Crippen molar-refractivity contribution >= 4 is 15.9 Å². The molecule has 0 aliphatic heterocycles. The number of aromatic nitrogens is 1. The number of amides is 1. The second-order valence-corrected chi connectivity index (χ2v) is 6.56. The lowest BCUT2D eigenvalue weighted by molar-refractivity contribution is 0.0939. The fourth-order valence-corrected chi connectivity index (χ4v) is 2.59. The summed E-state index contributed by atoms with van der Waals surface area (Å²) < 4.78 is 34.5. The van der Waals surface area contributed by atoms with E-state index in [0.717, 1.165) is 5.75 Å². The normalized spacial score (nSPS) is 11.1. The Bertz CT molecular complexity index is 812. The van der Waals surface area contributed by atoms with Gasteiger partial charge in [0.15, 0.2) is 0 Å². The van der Waals surface area contributed by atoms with Gasteiger partial charge in [-0.3, -0.25) is 4.79 Å². The molecule has 0 spiro atoms. The van der Waals surface area contributed by atoms with Crippen LogP contribution in [0.15, 0.2) is 41.4 Å². The van der Waals surface area contributed by atoms with Gasteiger partial charge in [-0.1, -0.05) is 0 Å². The molecule has 1 aromatic heterocycles. The molecule has 8 nitrogen and oxygen atoms in total. The summed E-state index contributed by atoms with van der Waals surface area (Å²) in [4.78, 5) is 12.0. The zero-order chi connectivity index (χ0) is 17.7. The van der Waals surface area contributed by atoms with E-state index in [-0.39, 0.29) is 23.7 Å². The van der Waals surface area contributed by atoms with Crippen molar-refractivity contribution in [2.24, 2.45) is 12.2 Å². The van der Waals surface area contributed by atoms with E-state index in [9.17, 15) is 13.2 Å². The molecule has 0 aliphatic carbocycles. The fourth-order valence-electron chi connectivity index (χ4n) is 2.01. The van der Waals surface area contributed by atoms with Gasteiger partial charge in [-0.05, 0) is 30.3 Å². The zero-order valence-corrected chi connectivity index (χ0v) is 14.2. The first-order valence-electron chi connectivity index (χ1n) is 7.05. The van der Waals surface area contributed by atoms with Crippen molar-refractivity contribution < 1.29 is 22.7 Å². The average Bonchev–Trinajstić information content (AvgIpc) is 2.94. The van der Waals surface area contributed by atoms with E-state index in [2.05, 4.69) is 5.32 Å². The minimum atomic E-state index is -3.84. The second kappa shape index (κ2) is 7.37. The molecule has 0 saturated heterocycles. The van der Waals surface area contributed by atoms with Gasteiger partial charge in [0.1, 0.15) is 28.7 Å². The third-order valence-corrected chi connectivity index (χ3v) is 4.14. The van der Waals surface area contributed by atoms with E-state index in [1.54, 1.807) is 38.4 Å². The molecule has 0 radical (unpaired) electrons. The van der Waals surface area contributed by atoms with Gasteiger partial charge in [-0.15, -0.1) is 0 Å². The maximum absolute atomic E-state index is 12.1. The molecule has 24 heavy (non-hydrogen) atoms. The highest BCUT2D eigenvalue weighted by atomic mass is 32.2. The first-order chi connectivity index (χ1) is 11.3. The van der Waals surface area contributed by atoms with Gasteiger partial charge in [0.25, 0.3) is 5.91 Å². The molecule has 9 heteroatoms. The van der Waals surface area contributed by atoms with Gasteiger partial charge < -0.3 is 19.4 Å². The van der Waals surface area contributed by atoms with Crippen LogP contribution in [0, 0.1) is 0 Å². The number of methoxy groups -OCH3 is 1. The highest BCUT2D eigenvalue weighted by Crippen LogP contribution is 2.16. The van der Waals surface area contributed by atoms with Crippen LogP contribution in [0.25, 0.3) is 0 Å². The lowest BCUT2D eigenvalue weighted by Gasteiger charge is -2.08. The van der Waals surface area contributed by atoms with Crippen molar-refractivity contribution in [3.63, 3.8) is 0 Å². The van der Waals surface area contributed by atoms with E-state index < -0.39 is 15.9 Å². The molecule has 3 N–H and O–H groups in total. The van der Waals surface area contributed by atoms with E-state index in [1.807, 2.05) is 0 Å². The summed E-state index contributed by atoms with van der Waals surface area (Å²) >= 11 is 0. The van der Waals surface area contributed by atoms with Crippen molar-refractivity contribution in [3.8, 4) is 11.5 Å². The molecule has 1 aromatic carbocycles. The number of carbonyl (C=O) groups excluding carboxylic acids is 1. The van der Waals surface area contributed by atoms with Gasteiger partial charge in [0.05, 0.1) is 13.7 Å². The average molecular weight is 353 g/mol. The predicted molar refractivity (Wildman–Crippen MR) is 87.6 cm³/mol. The lowest BCUT2D eigenvalue weighted by atomic mass is 10.3. The molecule has 2 rings (SSSR count). The number of ether oxygens (including phenoxy) is 2. The van der Waals surface area contributed by atoms with Crippen LogP contribution in [0.2, 0.25) is 0 Å². The third-order valence-electron chi connectivity index (χ3n) is 3.26.